The minimum absolute atomic E-state index is 0.0151. The molecule has 2 rings (SSSR count). The number of rotatable bonds is 5. The van der Waals surface area contributed by atoms with Crippen LogP contribution >= 0.6 is 0 Å². The van der Waals surface area contributed by atoms with E-state index in [2.05, 4.69) is 0 Å². The molecule has 0 aromatic heterocycles. The van der Waals surface area contributed by atoms with E-state index in [1.807, 2.05) is 0 Å². The van der Waals surface area contributed by atoms with E-state index in [0.29, 0.717) is 18.9 Å². The highest BCUT2D eigenvalue weighted by molar-refractivity contribution is 5.85. The van der Waals surface area contributed by atoms with E-state index >= 15 is 0 Å². The average molecular weight is 278 g/mol. The average Bonchev–Trinajstić information content (AvgIpc) is 2.76. The van der Waals surface area contributed by atoms with Gasteiger partial charge in [0.05, 0.1) is 6.61 Å². The van der Waals surface area contributed by atoms with Gasteiger partial charge in [-0.25, -0.2) is 0 Å². The van der Waals surface area contributed by atoms with E-state index in [0.717, 1.165) is 5.56 Å². The van der Waals surface area contributed by atoms with Gasteiger partial charge in [-0.15, -0.1) is 0 Å². The number of benzene rings is 1. The van der Waals surface area contributed by atoms with Crippen LogP contribution < -0.4 is 9.84 Å². The van der Waals surface area contributed by atoms with Crippen molar-refractivity contribution < 1.29 is 24.5 Å². The van der Waals surface area contributed by atoms with Gasteiger partial charge < -0.3 is 24.6 Å². The van der Waals surface area contributed by atoms with Crippen molar-refractivity contribution in [2.75, 3.05) is 13.2 Å². The molecular weight excluding hydrogens is 262 g/mol. The van der Waals surface area contributed by atoms with Crippen LogP contribution in [0.25, 0.3) is 0 Å². The molecule has 1 aliphatic rings. The van der Waals surface area contributed by atoms with Crippen molar-refractivity contribution in [3.8, 4) is 11.5 Å². The smallest absolute Gasteiger partial charge is 0.223 e. The summed E-state index contributed by atoms with van der Waals surface area (Å²) in [5, 5.41) is 20.4. The number of carboxylic acid groups (broad SMARTS) is 1. The van der Waals surface area contributed by atoms with E-state index in [1.54, 1.807) is 19.1 Å². The molecule has 1 saturated heterocycles. The van der Waals surface area contributed by atoms with Crippen molar-refractivity contribution in [1.29, 1.82) is 0 Å². The normalized spacial score (nSPS) is 18.4. The summed E-state index contributed by atoms with van der Waals surface area (Å²) < 4.78 is 5.27. The molecular formula is C14H16NO5-. The molecule has 0 radical (unpaired) electrons. The lowest BCUT2D eigenvalue weighted by Crippen LogP contribution is -2.33. The maximum Gasteiger partial charge on any atom is 0.223 e. The fourth-order valence-corrected chi connectivity index (χ4v) is 2.23. The van der Waals surface area contributed by atoms with Gasteiger partial charge in [0.15, 0.2) is 11.5 Å². The van der Waals surface area contributed by atoms with E-state index in [1.165, 1.54) is 11.0 Å². The van der Waals surface area contributed by atoms with Crippen LogP contribution in [0.1, 0.15) is 18.9 Å². The predicted molar refractivity (Wildman–Crippen MR) is 67.8 cm³/mol. The van der Waals surface area contributed by atoms with Crippen LogP contribution in [0.2, 0.25) is 0 Å². The Bertz CT molecular complexity index is 528. The summed E-state index contributed by atoms with van der Waals surface area (Å²) in [4.78, 5) is 24.0. The molecule has 1 atom stereocenters. The van der Waals surface area contributed by atoms with Crippen LogP contribution in [0, 0.1) is 5.92 Å². The van der Waals surface area contributed by atoms with Crippen LogP contribution in [-0.2, 0) is 16.1 Å². The lowest BCUT2D eigenvalue weighted by atomic mass is 10.1. The number of hydrogen-bond acceptors (Lipinski definition) is 5. The Morgan fingerprint density at radius 1 is 1.55 bits per heavy atom. The van der Waals surface area contributed by atoms with Gasteiger partial charge in [0.25, 0.3) is 0 Å². The van der Waals surface area contributed by atoms with Crippen LogP contribution in [-0.4, -0.2) is 35.0 Å². The lowest BCUT2D eigenvalue weighted by Gasteiger charge is -2.18. The zero-order valence-electron chi connectivity index (χ0n) is 11.2. The highest BCUT2D eigenvalue weighted by Gasteiger charge is 2.30. The largest absolute Gasteiger partial charge is 0.550 e. The number of aliphatic carboxylic acids is 1. The number of carbonyl (C=O) groups excluding carboxylic acids is 2. The van der Waals surface area contributed by atoms with Crippen molar-refractivity contribution >= 4 is 11.9 Å². The highest BCUT2D eigenvalue weighted by atomic mass is 16.5. The Morgan fingerprint density at radius 2 is 2.30 bits per heavy atom. The van der Waals surface area contributed by atoms with Gasteiger partial charge in [0.2, 0.25) is 5.91 Å². The summed E-state index contributed by atoms with van der Waals surface area (Å²) >= 11 is 0. The van der Waals surface area contributed by atoms with Gasteiger partial charge in [-0.3, -0.25) is 4.79 Å². The number of hydrogen-bond donors (Lipinski definition) is 1. The molecule has 6 nitrogen and oxygen atoms in total. The minimum atomic E-state index is -1.19. The number of carbonyl (C=O) groups is 2. The molecule has 0 saturated carbocycles. The fourth-order valence-electron chi connectivity index (χ4n) is 2.23. The Balaban J connectivity index is 2.08. The number of nitrogens with zero attached hydrogens (tertiary/aromatic N) is 1. The van der Waals surface area contributed by atoms with E-state index in [-0.39, 0.29) is 24.6 Å². The molecule has 0 aliphatic carbocycles. The van der Waals surface area contributed by atoms with Crippen LogP contribution in [0.3, 0.4) is 0 Å². The second-order valence-electron chi connectivity index (χ2n) is 4.73. The minimum Gasteiger partial charge on any atom is -0.550 e. The number of phenols is 1. The molecule has 0 unspecified atom stereocenters. The third kappa shape index (κ3) is 3.01. The van der Waals surface area contributed by atoms with E-state index in [9.17, 15) is 19.8 Å². The lowest BCUT2D eigenvalue weighted by molar-refractivity contribution is -0.311. The molecule has 0 spiro atoms. The second-order valence-corrected chi connectivity index (χ2v) is 4.73. The van der Waals surface area contributed by atoms with Gasteiger partial charge in [0, 0.05) is 31.4 Å². The molecule has 1 heterocycles. The molecule has 1 aromatic rings. The maximum absolute atomic E-state index is 11.7. The highest BCUT2D eigenvalue weighted by Crippen LogP contribution is 2.28. The van der Waals surface area contributed by atoms with Gasteiger partial charge >= 0.3 is 0 Å². The molecule has 6 heteroatoms. The standard InChI is InChI=1S/C14H17NO5/c1-2-20-12-5-9(3-4-11(12)16)7-15-8-10(14(18)19)6-13(15)17/h3-5,10,16H,2,6-8H2,1H3,(H,18,19)/p-1/t10-/m0/s1. The topological polar surface area (TPSA) is 89.9 Å². The summed E-state index contributed by atoms with van der Waals surface area (Å²) in [7, 11) is 0. The van der Waals surface area contributed by atoms with Crippen molar-refractivity contribution in [2.45, 2.75) is 19.9 Å². The quantitative estimate of drug-likeness (QED) is 0.811. The van der Waals surface area contributed by atoms with Gasteiger partial charge in [-0.05, 0) is 24.6 Å². The number of amides is 1. The van der Waals surface area contributed by atoms with Crippen molar-refractivity contribution in [3.05, 3.63) is 23.8 Å². The summed E-state index contributed by atoms with van der Waals surface area (Å²) in [6, 6.07) is 4.83. The first-order valence-corrected chi connectivity index (χ1v) is 6.44. The SMILES string of the molecule is CCOc1cc(CN2C[C@@H](C(=O)[O-])CC2=O)ccc1O. The summed E-state index contributed by atoms with van der Waals surface area (Å²) in [5.74, 6) is -1.75. The molecule has 1 fully saturated rings. The molecule has 1 amide bonds. The van der Waals surface area contributed by atoms with Crippen LogP contribution in [0.4, 0.5) is 0 Å². The third-order valence-corrected chi connectivity index (χ3v) is 3.25. The number of phenolic OH excluding ortho intramolecular Hbond substituents is 1. The van der Waals surface area contributed by atoms with Gasteiger partial charge in [-0.2, -0.15) is 0 Å². The number of aromatic hydroxyl groups is 1. The van der Waals surface area contributed by atoms with Crippen molar-refractivity contribution in [2.24, 2.45) is 5.92 Å². The molecule has 1 aliphatic heterocycles. The van der Waals surface area contributed by atoms with Crippen LogP contribution in [0.5, 0.6) is 11.5 Å². The summed E-state index contributed by atoms with van der Waals surface area (Å²) in [5.41, 5.74) is 0.776. The first-order chi connectivity index (χ1) is 9.51. The number of likely N-dealkylation sites (tertiary alicyclic amines) is 1. The zero-order valence-corrected chi connectivity index (χ0v) is 11.2. The Morgan fingerprint density at radius 3 is 2.90 bits per heavy atom. The number of ether oxygens (including phenoxy) is 1. The third-order valence-electron chi connectivity index (χ3n) is 3.25. The van der Waals surface area contributed by atoms with Gasteiger partial charge in [0.1, 0.15) is 0 Å². The monoisotopic (exact) mass is 278 g/mol. The Labute approximate surface area is 116 Å². The molecule has 1 aromatic carbocycles. The zero-order chi connectivity index (χ0) is 14.7. The number of carboxylic acids is 1. The van der Waals surface area contributed by atoms with Gasteiger partial charge in [-0.1, -0.05) is 6.07 Å². The Hall–Kier alpha value is -2.24. The van der Waals surface area contributed by atoms with E-state index in [4.69, 9.17) is 4.74 Å². The first-order valence-electron chi connectivity index (χ1n) is 6.44. The Kier molecular flexibility index (Phi) is 4.12. The predicted octanol–water partition coefficient (Wildman–Crippen LogP) is -0.111. The fraction of sp³-hybridized carbons (Fsp3) is 0.429. The second kappa shape index (κ2) is 5.81. The molecule has 1 N–H and O–H groups in total. The molecule has 0 bridgehead atoms. The van der Waals surface area contributed by atoms with E-state index < -0.39 is 11.9 Å². The molecule has 108 valence electrons. The van der Waals surface area contributed by atoms with Crippen molar-refractivity contribution in [3.63, 3.8) is 0 Å². The van der Waals surface area contributed by atoms with Crippen LogP contribution in [0.15, 0.2) is 18.2 Å². The molecule has 20 heavy (non-hydrogen) atoms. The summed E-state index contributed by atoms with van der Waals surface area (Å²) in [6.45, 7) is 2.68. The maximum atomic E-state index is 11.7. The summed E-state index contributed by atoms with van der Waals surface area (Å²) in [6.07, 6.45) is -0.0151. The van der Waals surface area contributed by atoms with Crippen molar-refractivity contribution in [1.82, 2.24) is 4.90 Å². The first kappa shape index (κ1) is 14.2.